The van der Waals surface area contributed by atoms with Crippen molar-refractivity contribution in [2.75, 3.05) is 19.8 Å². The summed E-state index contributed by atoms with van der Waals surface area (Å²) in [5.41, 5.74) is 7.45. The third kappa shape index (κ3) is 3.95. The van der Waals surface area contributed by atoms with E-state index >= 15 is 0 Å². The molecule has 1 aliphatic heterocycles. The molecule has 1 saturated heterocycles. The minimum Gasteiger partial charge on any atom is -0.494 e. The molecule has 3 N–H and O–H groups in total. The number of amides is 1. The Hall–Kier alpha value is -1.59. The Labute approximate surface area is 125 Å². The molecule has 1 aliphatic rings. The Bertz CT molecular complexity index is 496. The van der Waals surface area contributed by atoms with Crippen LogP contribution in [0.15, 0.2) is 18.2 Å². The van der Waals surface area contributed by atoms with E-state index in [0.717, 1.165) is 16.9 Å². The number of hydrogen-bond donors (Lipinski definition) is 2. The van der Waals surface area contributed by atoms with E-state index in [4.69, 9.17) is 15.2 Å². The van der Waals surface area contributed by atoms with E-state index in [-0.39, 0.29) is 5.91 Å². The molecule has 21 heavy (non-hydrogen) atoms. The van der Waals surface area contributed by atoms with Crippen LogP contribution < -0.4 is 15.8 Å². The normalized spacial score (nSPS) is 17.3. The molecule has 0 aromatic heterocycles. The van der Waals surface area contributed by atoms with Gasteiger partial charge >= 0.3 is 0 Å². The fraction of sp³-hybridized carbons (Fsp3) is 0.562. The van der Waals surface area contributed by atoms with E-state index in [0.29, 0.717) is 39.2 Å². The van der Waals surface area contributed by atoms with Crippen molar-refractivity contribution in [2.24, 2.45) is 5.73 Å². The summed E-state index contributed by atoms with van der Waals surface area (Å²) in [5.74, 6) is 0.699. The van der Waals surface area contributed by atoms with Crippen LogP contribution in [0, 0.1) is 6.92 Å². The lowest BCUT2D eigenvalue weighted by Gasteiger charge is -2.31. The fourth-order valence-corrected chi connectivity index (χ4v) is 2.41. The maximum Gasteiger partial charge on any atom is 0.240 e. The number of carbonyl (C=O) groups excluding carboxylic acids is 1. The highest BCUT2D eigenvalue weighted by molar-refractivity contribution is 5.86. The number of rotatable bonds is 5. The molecule has 0 radical (unpaired) electrons. The van der Waals surface area contributed by atoms with Crippen LogP contribution in [0.5, 0.6) is 5.75 Å². The Morgan fingerprint density at radius 2 is 2.14 bits per heavy atom. The van der Waals surface area contributed by atoms with Crippen molar-refractivity contribution in [1.82, 2.24) is 5.32 Å². The zero-order valence-corrected chi connectivity index (χ0v) is 12.8. The maximum atomic E-state index is 12.3. The molecule has 1 heterocycles. The van der Waals surface area contributed by atoms with E-state index in [1.807, 2.05) is 32.0 Å². The lowest BCUT2D eigenvalue weighted by molar-refractivity contribution is -0.129. The van der Waals surface area contributed by atoms with E-state index in [1.165, 1.54) is 0 Å². The van der Waals surface area contributed by atoms with E-state index in [1.54, 1.807) is 0 Å². The zero-order valence-electron chi connectivity index (χ0n) is 12.8. The van der Waals surface area contributed by atoms with Gasteiger partial charge < -0.3 is 20.5 Å². The van der Waals surface area contributed by atoms with Gasteiger partial charge in [-0.05, 0) is 38.3 Å². The summed E-state index contributed by atoms with van der Waals surface area (Å²) in [6.45, 7) is 6.07. The predicted octanol–water partition coefficient (Wildman–Crippen LogP) is 1.52. The second-order valence-corrected chi connectivity index (χ2v) is 5.50. The lowest BCUT2D eigenvalue weighted by atomic mass is 9.90. The largest absolute Gasteiger partial charge is 0.494 e. The smallest absolute Gasteiger partial charge is 0.240 e. The highest BCUT2D eigenvalue weighted by Crippen LogP contribution is 2.22. The number of aryl methyl sites for hydroxylation is 1. The molecule has 0 aliphatic carbocycles. The number of hydrogen-bond acceptors (Lipinski definition) is 4. The maximum absolute atomic E-state index is 12.3. The second kappa shape index (κ2) is 6.91. The molecule has 0 saturated carbocycles. The van der Waals surface area contributed by atoms with Crippen LogP contribution in [-0.2, 0) is 16.1 Å². The van der Waals surface area contributed by atoms with Crippen LogP contribution in [0.1, 0.15) is 30.9 Å². The van der Waals surface area contributed by atoms with Crippen molar-refractivity contribution < 1.29 is 14.3 Å². The van der Waals surface area contributed by atoms with Crippen molar-refractivity contribution in [3.05, 3.63) is 29.3 Å². The Kier molecular flexibility index (Phi) is 5.20. The summed E-state index contributed by atoms with van der Waals surface area (Å²) in [7, 11) is 0. The third-order valence-corrected chi connectivity index (χ3v) is 3.80. The first-order chi connectivity index (χ1) is 10.0. The van der Waals surface area contributed by atoms with Gasteiger partial charge in [0.15, 0.2) is 0 Å². The highest BCUT2D eigenvalue weighted by atomic mass is 16.5. The van der Waals surface area contributed by atoms with Crippen LogP contribution in [-0.4, -0.2) is 31.3 Å². The van der Waals surface area contributed by atoms with Crippen molar-refractivity contribution in [3.8, 4) is 5.75 Å². The highest BCUT2D eigenvalue weighted by Gasteiger charge is 2.35. The van der Waals surface area contributed by atoms with Gasteiger partial charge in [-0.15, -0.1) is 0 Å². The van der Waals surface area contributed by atoms with Gasteiger partial charge in [-0.25, -0.2) is 0 Å². The Balaban J connectivity index is 2.00. The molecule has 2 rings (SSSR count). The molecule has 0 spiro atoms. The third-order valence-electron chi connectivity index (χ3n) is 3.80. The molecule has 1 amide bonds. The lowest BCUT2D eigenvalue weighted by Crippen LogP contribution is -2.56. The average Bonchev–Trinajstić information content (AvgIpc) is 2.47. The van der Waals surface area contributed by atoms with E-state index in [9.17, 15) is 4.79 Å². The monoisotopic (exact) mass is 292 g/mol. The minimum absolute atomic E-state index is 0.117. The number of ether oxygens (including phenoxy) is 2. The molecule has 5 heteroatoms. The van der Waals surface area contributed by atoms with E-state index in [2.05, 4.69) is 5.32 Å². The summed E-state index contributed by atoms with van der Waals surface area (Å²) in [6.07, 6.45) is 1.12. The Morgan fingerprint density at radius 3 is 2.81 bits per heavy atom. The molecular weight excluding hydrogens is 268 g/mol. The molecule has 5 nitrogen and oxygen atoms in total. The van der Waals surface area contributed by atoms with Gasteiger partial charge in [0, 0.05) is 25.3 Å². The molecule has 0 unspecified atom stereocenters. The molecule has 0 atom stereocenters. The first kappa shape index (κ1) is 15.8. The molecule has 1 aromatic rings. The predicted molar refractivity (Wildman–Crippen MR) is 81.2 cm³/mol. The van der Waals surface area contributed by atoms with Crippen LogP contribution in [0.3, 0.4) is 0 Å². The van der Waals surface area contributed by atoms with Gasteiger partial charge in [-0.1, -0.05) is 12.1 Å². The quantitative estimate of drug-likeness (QED) is 0.863. The number of carbonyl (C=O) groups is 1. The summed E-state index contributed by atoms with van der Waals surface area (Å²) in [6, 6.07) is 5.97. The summed E-state index contributed by atoms with van der Waals surface area (Å²) in [4.78, 5) is 12.3. The van der Waals surface area contributed by atoms with E-state index < -0.39 is 5.54 Å². The van der Waals surface area contributed by atoms with Gasteiger partial charge in [0.2, 0.25) is 5.91 Å². The summed E-state index contributed by atoms with van der Waals surface area (Å²) in [5, 5.41) is 2.93. The second-order valence-electron chi connectivity index (χ2n) is 5.50. The van der Waals surface area contributed by atoms with Gasteiger partial charge in [0.1, 0.15) is 5.75 Å². The van der Waals surface area contributed by atoms with Crippen molar-refractivity contribution in [2.45, 2.75) is 38.8 Å². The molecule has 116 valence electrons. The SMILES string of the molecule is CCOc1cc(C)ccc1CNC(=O)C1(N)CCOCC1. The van der Waals surface area contributed by atoms with Gasteiger partial charge in [0.05, 0.1) is 12.1 Å². The van der Waals surface area contributed by atoms with Gasteiger partial charge in [-0.3, -0.25) is 4.79 Å². The zero-order chi connectivity index (χ0) is 15.3. The number of benzene rings is 1. The fourth-order valence-electron chi connectivity index (χ4n) is 2.41. The van der Waals surface area contributed by atoms with Crippen LogP contribution in [0.4, 0.5) is 0 Å². The van der Waals surface area contributed by atoms with Crippen LogP contribution >= 0.6 is 0 Å². The van der Waals surface area contributed by atoms with Crippen molar-refractivity contribution in [3.63, 3.8) is 0 Å². The topological polar surface area (TPSA) is 73.6 Å². The van der Waals surface area contributed by atoms with Gasteiger partial charge in [-0.2, -0.15) is 0 Å². The molecule has 1 fully saturated rings. The first-order valence-corrected chi connectivity index (χ1v) is 7.42. The van der Waals surface area contributed by atoms with Crippen LogP contribution in [0.25, 0.3) is 0 Å². The van der Waals surface area contributed by atoms with Gasteiger partial charge in [0.25, 0.3) is 0 Å². The molecular formula is C16H24N2O3. The summed E-state index contributed by atoms with van der Waals surface area (Å²) < 4.78 is 10.9. The average molecular weight is 292 g/mol. The Morgan fingerprint density at radius 1 is 1.43 bits per heavy atom. The van der Waals surface area contributed by atoms with Crippen molar-refractivity contribution >= 4 is 5.91 Å². The summed E-state index contributed by atoms with van der Waals surface area (Å²) >= 11 is 0. The van der Waals surface area contributed by atoms with Crippen LogP contribution in [0.2, 0.25) is 0 Å². The molecule has 0 bridgehead atoms. The number of nitrogens with two attached hydrogens (primary N) is 1. The number of nitrogens with one attached hydrogen (secondary N) is 1. The molecule has 1 aromatic carbocycles. The first-order valence-electron chi connectivity index (χ1n) is 7.42. The van der Waals surface area contributed by atoms with Crippen molar-refractivity contribution in [1.29, 1.82) is 0 Å². The standard InChI is InChI=1S/C16H24N2O3/c1-3-21-14-10-12(2)4-5-13(14)11-18-15(19)16(17)6-8-20-9-7-16/h4-5,10H,3,6-9,11,17H2,1-2H3,(H,18,19). The minimum atomic E-state index is -0.811.